The Bertz CT molecular complexity index is 502. The molecule has 0 radical (unpaired) electrons. The second-order valence-corrected chi connectivity index (χ2v) is 4.23. The first-order valence-corrected chi connectivity index (χ1v) is 5.37. The summed E-state index contributed by atoms with van der Waals surface area (Å²) >= 11 is 9.40. The molecule has 0 amide bonds. The van der Waals surface area contributed by atoms with E-state index in [9.17, 15) is 0 Å². The van der Waals surface area contributed by atoms with Crippen molar-refractivity contribution in [2.45, 2.75) is 0 Å². The van der Waals surface area contributed by atoms with Crippen LogP contribution >= 0.6 is 27.5 Å². The maximum atomic E-state index is 6.01. The van der Waals surface area contributed by atoms with Gasteiger partial charge < -0.3 is 5.73 Å². The number of anilines is 1. The van der Waals surface area contributed by atoms with Crippen molar-refractivity contribution >= 4 is 33.3 Å². The van der Waals surface area contributed by atoms with Crippen LogP contribution < -0.4 is 5.73 Å². The number of nitrogens with zero attached hydrogens (tertiary/aromatic N) is 2. The fraction of sp³-hybridized carbons (Fsp3) is 0. The number of halogens is 2. The monoisotopic (exact) mass is 283 g/mol. The summed E-state index contributed by atoms with van der Waals surface area (Å²) in [6.07, 6.45) is 1.40. The van der Waals surface area contributed by atoms with Gasteiger partial charge in [0, 0.05) is 10.0 Å². The Labute approximate surface area is 100 Å². The minimum atomic E-state index is 0.293. The van der Waals surface area contributed by atoms with Gasteiger partial charge in [0.05, 0.1) is 5.69 Å². The summed E-state index contributed by atoms with van der Waals surface area (Å²) in [7, 11) is 0. The lowest BCUT2D eigenvalue weighted by Crippen LogP contribution is -1.95. The Morgan fingerprint density at radius 1 is 1.27 bits per heavy atom. The number of nitrogen functional groups attached to an aromatic ring is 1. The van der Waals surface area contributed by atoms with Crippen LogP contribution in [0.15, 0.2) is 35.1 Å². The van der Waals surface area contributed by atoms with E-state index in [1.165, 1.54) is 6.33 Å². The van der Waals surface area contributed by atoms with E-state index in [2.05, 4.69) is 25.9 Å². The highest BCUT2D eigenvalue weighted by Crippen LogP contribution is 2.29. The number of nitrogens with two attached hydrogens (primary N) is 1. The van der Waals surface area contributed by atoms with Crippen molar-refractivity contribution in [2.24, 2.45) is 0 Å². The molecule has 0 aliphatic heterocycles. The van der Waals surface area contributed by atoms with E-state index in [4.69, 9.17) is 17.3 Å². The predicted molar refractivity (Wildman–Crippen MR) is 64.6 cm³/mol. The first-order chi connectivity index (χ1) is 7.18. The lowest BCUT2D eigenvalue weighted by atomic mass is 10.1. The molecule has 1 aromatic heterocycles. The molecule has 0 spiro atoms. The Morgan fingerprint density at radius 2 is 2.07 bits per heavy atom. The average Bonchev–Trinajstić information content (AvgIpc) is 2.22. The van der Waals surface area contributed by atoms with Gasteiger partial charge in [0.1, 0.15) is 17.2 Å². The number of hydrogen-bond acceptors (Lipinski definition) is 3. The van der Waals surface area contributed by atoms with E-state index < -0.39 is 0 Å². The summed E-state index contributed by atoms with van der Waals surface area (Å²) < 4.78 is 0.966. The molecule has 0 saturated carbocycles. The third-order valence-electron chi connectivity index (χ3n) is 1.91. The number of rotatable bonds is 1. The Morgan fingerprint density at radius 3 is 2.80 bits per heavy atom. The third-order valence-corrected chi connectivity index (χ3v) is 2.78. The summed E-state index contributed by atoms with van der Waals surface area (Å²) in [4.78, 5) is 7.92. The highest BCUT2D eigenvalue weighted by molar-refractivity contribution is 9.10. The van der Waals surface area contributed by atoms with E-state index in [0.717, 1.165) is 10.0 Å². The molecular formula is C10H7BrClN3. The summed E-state index contributed by atoms with van der Waals surface area (Å²) in [6, 6.07) is 7.68. The molecule has 2 N–H and O–H groups in total. The quantitative estimate of drug-likeness (QED) is 0.875. The van der Waals surface area contributed by atoms with Crippen LogP contribution in [0.2, 0.25) is 5.02 Å². The van der Waals surface area contributed by atoms with Crippen molar-refractivity contribution in [1.29, 1.82) is 0 Å². The highest BCUT2D eigenvalue weighted by Gasteiger charge is 2.08. The molecule has 5 heteroatoms. The Balaban J connectivity index is 2.59. The van der Waals surface area contributed by atoms with Crippen LogP contribution in [0.1, 0.15) is 0 Å². The van der Waals surface area contributed by atoms with Crippen LogP contribution in [0.25, 0.3) is 11.3 Å². The van der Waals surface area contributed by atoms with E-state index in [1.807, 2.05) is 24.3 Å². The maximum absolute atomic E-state index is 6.01. The average molecular weight is 285 g/mol. The van der Waals surface area contributed by atoms with Gasteiger partial charge in [-0.15, -0.1) is 0 Å². The zero-order valence-electron chi connectivity index (χ0n) is 7.61. The van der Waals surface area contributed by atoms with Crippen molar-refractivity contribution in [1.82, 2.24) is 9.97 Å². The topological polar surface area (TPSA) is 51.8 Å². The van der Waals surface area contributed by atoms with Crippen molar-refractivity contribution < 1.29 is 0 Å². The van der Waals surface area contributed by atoms with Gasteiger partial charge in [-0.05, 0) is 12.1 Å². The van der Waals surface area contributed by atoms with Gasteiger partial charge in [0.2, 0.25) is 0 Å². The van der Waals surface area contributed by atoms with Gasteiger partial charge in [-0.2, -0.15) is 0 Å². The van der Waals surface area contributed by atoms with Gasteiger partial charge in [-0.25, -0.2) is 9.97 Å². The Hall–Kier alpha value is -1.13. The van der Waals surface area contributed by atoms with Crippen LogP contribution in [0.4, 0.5) is 5.82 Å². The van der Waals surface area contributed by atoms with Gasteiger partial charge in [0.25, 0.3) is 0 Å². The highest BCUT2D eigenvalue weighted by atomic mass is 79.9. The molecule has 1 heterocycles. The molecule has 0 aliphatic carbocycles. The van der Waals surface area contributed by atoms with Gasteiger partial charge in [-0.1, -0.05) is 39.7 Å². The number of aromatic nitrogens is 2. The third kappa shape index (κ3) is 2.11. The summed E-state index contributed by atoms with van der Waals surface area (Å²) in [5.74, 6) is 0.293. The van der Waals surface area contributed by atoms with Gasteiger partial charge >= 0.3 is 0 Å². The lowest BCUT2D eigenvalue weighted by molar-refractivity contribution is 1.18. The first-order valence-electron chi connectivity index (χ1n) is 4.20. The van der Waals surface area contributed by atoms with Gasteiger partial charge in [0.15, 0.2) is 0 Å². The normalized spacial score (nSPS) is 10.3. The van der Waals surface area contributed by atoms with Crippen LogP contribution in [-0.2, 0) is 0 Å². The minimum Gasteiger partial charge on any atom is -0.382 e. The first kappa shape index (κ1) is 10.4. The standard InChI is InChI=1S/C10H7BrClN3/c11-7-3-1-2-6(4-7)9-8(12)10(13)15-5-14-9/h1-5H,(H2,13,14,15). The zero-order valence-corrected chi connectivity index (χ0v) is 9.96. The molecule has 0 unspecified atom stereocenters. The molecule has 3 nitrogen and oxygen atoms in total. The van der Waals surface area contributed by atoms with E-state index >= 15 is 0 Å². The largest absolute Gasteiger partial charge is 0.382 e. The van der Waals surface area contributed by atoms with E-state index in [0.29, 0.717) is 16.5 Å². The molecule has 76 valence electrons. The van der Waals surface area contributed by atoms with Crippen LogP contribution in [0.3, 0.4) is 0 Å². The molecule has 0 aliphatic rings. The fourth-order valence-corrected chi connectivity index (χ4v) is 1.83. The lowest BCUT2D eigenvalue weighted by Gasteiger charge is -2.04. The zero-order chi connectivity index (χ0) is 10.8. The number of hydrogen-bond donors (Lipinski definition) is 1. The molecule has 2 aromatic rings. The molecular weight excluding hydrogens is 277 g/mol. The second-order valence-electron chi connectivity index (χ2n) is 2.93. The summed E-state index contributed by atoms with van der Waals surface area (Å²) in [5.41, 5.74) is 7.15. The Kier molecular flexibility index (Phi) is 2.88. The molecule has 1 aromatic carbocycles. The van der Waals surface area contributed by atoms with Crippen molar-refractivity contribution in [3.05, 3.63) is 40.1 Å². The molecule has 0 saturated heterocycles. The van der Waals surface area contributed by atoms with E-state index in [1.54, 1.807) is 0 Å². The minimum absolute atomic E-state index is 0.293. The van der Waals surface area contributed by atoms with Crippen molar-refractivity contribution in [2.75, 3.05) is 5.73 Å². The molecule has 0 bridgehead atoms. The smallest absolute Gasteiger partial charge is 0.146 e. The van der Waals surface area contributed by atoms with Gasteiger partial charge in [-0.3, -0.25) is 0 Å². The van der Waals surface area contributed by atoms with Crippen LogP contribution in [0.5, 0.6) is 0 Å². The predicted octanol–water partition coefficient (Wildman–Crippen LogP) is 3.14. The summed E-state index contributed by atoms with van der Waals surface area (Å²) in [6.45, 7) is 0. The van der Waals surface area contributed by atoms with Crippen molar-refractivity contribution in [3.8, 4) is 11.3 Å². The molecule has 0 fully saturated rings. The fourth-order valence-electron chi connectivity index (χ4n) is 1.22. The van der Waals surface area contributed by atoms with Crippen LogP contribution in [-0.4, -0.2) is 9.97 Å². The summed E-state index contributed by atoms with van der Waals surface area (Å²) in [5, 5.41) is 0.385. The SMILES string of the molecule is Nc1ncnc(-c2cccc(Br)c2)c1Cl. The molecule has 0 atom stereocenters. The van der Waals surface area contributed by atoms with Crippen LogP contribution in [0, 0.1) is 0 Å². The van der Waals surface area contributed by atoms with E-state index in [-0.39, 0.29) is 0 Å². The molecule has 2 rings (SSSR count). The van der Waals surface area contributed by atoms with Crippen molar-refractivity contribution in [3.63, 3.8) is 0 Å². The molecule has 15 heavy (non-hydrogen) atoms. The second kappa shape index (κ2) is 4.16. The maximum Gasteiger partial charge on any atom is 0.146 e. The number of benzene rings is 1.